The van der Waals surface area contributed by atoms with Gasteiger partial charge in [0, 0.05) is 6.08 Å². The Bertz CT molecular complexity index is 1090. The molecule has 1 N–H and O–H groups in total. The molecule has 1 amide bonds. The van der Waals surface area contributed by atoms with Crippen LogP contribution in [0, 0.1) is 5.92 Å². The summed E-state index contributed by atoms with van der Waals surface area (Å²) in [6, 6.07) is 17.8. The molecule has 7 nitrogen and oxygen atoms in total. The first-order chi connectivity index (χ1) is 16.2. The van der Waals surface area contributed by atoms with Crippen molar-refractivity contribution in [2.45, 2.75) is 31.9 Å². The summed E-state index contributed by atoms with van der Waals surface area (Å²) in [6.07, 6.45) is 12.8. The minimum Gasteiger partial charge on any atom is -0.497 e. The molecule has 1 unspecified atom stereocenters. The second-order valence-electron chi connectivity index (χ2n) is 8.01. The summed E-state index contributed by atoms with van der Waals surface area (Å²) in [6.45, 7) is 0.260. The molecule has 0 spiro atoms. The summed E-state index contributed by atoms with van der Waals surface area (Å²) in [5, 5.41) is 8.53. The van der Waals surface area contributed by atoms with Gasteiger partial charge in [-0.1, -0.05) is 66.3 Å². The van der Waals surface area contributed by atoms with Gasteiger partial charge in [-0.05, 0) is 48.1 Å². The molecule has 1 aliphatic rings. The van der Waals surface area contributed by atoms with E-state index in [1.807, 2.05) is 53.3 Å². The number of carbonyl (C=O) groups is 1. The van der Waals surface area contributed by atoms with Crippen molar-refractivity contribution in [2.75, 3.05) is 7.11 Å². The average molecular weight is 445 g/mol. The lowest BCUT2D eigenvalue weighted by Crippen LogP contribution is -2.24. The van der Waals surface area contributed by atoms with E-state index in [1.54, 1.807) is 13.2 Å². The molecule has 1 aliphatic carbocycles. The maximum absolute atomic E-state index is 12.1. The number of benzene rings is 2. The van der Waals surface area contributed by atoms with Gasteiger partial charge < -0.3 is 4.74 Å². The second-order valence-corrected chi connectivity index (χ2v) is 8.01. The van der Waals surface area contributed by atoms with Crippen molar-refractivity contribution < 1.29 is 14.4 Å². The number of hydroxylamine groups is 1. The number of aromatic nitrogens is 3. The van der Waals surface area contributed by atoms with Gasteiger partial charge in [0.05, 0.1) is 26.0 Å². The Morgan fingerprint density at radius 1 is 1.15 bits per heavy atom. The normalized spacial score (nSPS) is 14.9. The number of hydrogen-bond donors (Lipinski definition) is 1. The van der Waals surface area contributed by atoms with E-state index in [2.05, 4.69) is 40.1 Å². The van der Waals surface area contributed by atoms with E-state index in [1.165, 1.54) is 25.3 Å². The molecule has 2 aromatic carbocycles. The van der Waals surface area contributed by atoms with Crippen molar-refractivity contribution in [3.05, 3.63) is 89.8 Å². The quantitative estimate of drug-likeness (QED) is 0.365. The van der Waals surface area contributed by atoms with Crippen molar-refractivity contribution in [3.8, 4) is 5.75 Å². The van der Waals surface area contributed by atoms with Gasteiger partial charge in [-0.25, -0.2) is 10.2 Å². The van der Waals surface area contributed by atoms with Crippen LogP contribution in [0.4, 0.5) is 0 Å². The predicted octanol–water partition coefficient (Wildman–Crippen LogP) is 4.60. The van der Waals surface area contributed by atoms with E-state index in [-0.39, 0.29) is 18.6 Å². The maximum atomic E-state index is 12.1. The van der Waals surface area contributed by atoms with E-state index in [0.29, 0.717) is 11.6 Å². The van der Waals surface area contributed by atoms with Crippen LogP contribution in [0.25, 0.3) is 12.2 Å². The average Bonchev–Trinajstić information content (AvgIpc) is 3.29. The zero-order valence-corrected chi connectivity index (χ0v) is 18.6. The van der Waals surface area contributed by atoms with Gasteiger partial charge in [-0.3, -0.25) is 9.63 Å². The minimum absolute atomic E-state index is 0.148. The number of allylic oxidation sites excluding steroid dienone is 1. The van der Waals surface area contributed by atoms with Crippen LogP contribution in [0.5, 0.6) is 5.75 Å². The van der Waals surface area contributed by atoms with Crippen molar-refractivity contribution in [1.29, 1.82) is 0 Å². The zero-order chi connectivity index (χ0) is 22.9. The number of hydrogen-bond acceptors (Lipinski definition) is 5. The Balaban J connectivity index is 1.31. The lowest BCUT2D eigenvalue weighted by Gasteiger charge is -2.31. The number of nitrogens with one attached hydrogen (secondary N) is 1. The molecule has 4 rings (SSSR count). The van der Waals surface area contributed by atoms with Crippen LogP contribution < -0.4 is 10.2 Å². The van der Waals surface area contributed by atoms with Crippen molar-refractivity contribution in [1.82, 2.24) is 20.5 Å². The summed E-state index contributed by atoms with van der Waals surface area (Å²) < 4.78 is 7.01. The van der Waals surface area contributed by atoms with Gasteiger partial charge in [0.15, 0.2) is 0 Å². The van der Waals surface area contributed by atoms with Crippen LogP contribution in [0.2, 0.25) is 0 Å². The molecule has 170 valence electrons. The van der Waals surface area contributed by atoms with Gasteiger partial charge in [-0.15, -0.1) is 5.10 Å². The monoisotopic (exact) mass is 444 g/mol. The van der Waals surface area contributed by atoms with Gasteiger partial charge in [0.25, 0.3) is 5.91 Å². The molecule has 3 aromatic rings. The van der Waals surface area contributed by atoms with Crippen LogP contribution in [0.15, 0.2) is 72.9 Å². The molecule has 7 heteroatoms. The molecule has 1 saturated carbocycles. The number of amides is 1. The van der Waals surface area contributed by atoms with Crippen molar-refractivity contribution in [2.24, 2.45) is 5.92 Å². The summed E-state index contributed by atoms with van der Waals surface area (Å²) in [7, 11) is 1.62. The van der Waals surface area contributed by atoms with Crippen LogP contribution in [0.3, 0.4) is 0 Å². The van der Waals surface area contributed by atoms with E-state index in [0.717, 1.165) is 16.9 Å². The maximum Gasteiger partial charge on any atom is 0.267 e. The first kappa shape index (κ1) is 22.5. The Kier molecular flexibility index (Phi) is 7.66. The first-order valence-corrected chi connectivity index (χ1v) is 11.1. The third-order valence-corrected chi connectivity index (χ3v) is 5.73. The Morgan fingerprint density at radius 2 is 1.94 bits per heavy atom. The molecule has 1 atom stereocenters. The number of ether oxygens (including phenoxy) is 1. The lowest BCUT2D eigenvalue weighted by molar-refractivity contribution is -0.129. The smallest absolute Gasteiger partial charge is 0.267 e. The second kappa shape index (κ2) is 11.2. The summed E-state index contributed by atoms with van der Waals surface area (Å²) in [5.41, 5.74) is 5.12. The molecule has 0 aliphatic heterocycles. The van der Waals surface area contributed by atoms with Gasteiger partial charge in [0.2, 0.25) is 0 Å². The highest BCUT2D eigenvalue weighted by Gasteiger charge is 2.27. The number of rotatable bonds is 10. The highest BCUT2D eigenvalue weighted by atomic mass is 16.6. The largest absolute Gasteiger partial charge is 0.497 e. The van der Waals surface area contributed by atoms with E-state index >= 15 is 0 Å². The first-order valence-electron chi connectivity index (χ1n) is 11.1. The molecule has 1 heterocycles. The Morgan fingerprint density at radius 3 is 2.64 bits per heavy atom. The molecule has 33 heavy (non-hydrogen) atoms. The molecular weight excluding hydrogens is 416 g/mol. The van der Waals surface area contributed by atoms with Crippen LogP contribution in [-0.2, 0) is 16.2 Å². The van der Waals surface area contributed by atoms with Crippen molar-refractivity contribution >= 4 is 18.1 Å². The zero-order valence-electron chi connectivity index (χ0n) is 18.6. The van der Waals surface area contributed by atoms with Crippen LogP contribution >= 0.6 is 0 Å². The summed E-state index contributed by atoms with van der Waals surface area (Å²) >= 11 is 0. The van der Waals surface area contributed by atoms with Crippen molar-refractivity contribution in [3.63, 3.8) is 0 Å². The molecule has 0 bridgehead atoms. The fourth-order valence-electron chi connectivity index (χ4n) is 3.64. The Labute approximate surface area is 193 Å². The number of carbonyl (C=O) groups excluding carboxylic acids is 1. The van der Waals surface area contributed by atoms with Gasteiger partial charge in [0.1, 0.15) is 11.4 Å². The summed E-state index contributed by atoms with van der Waals surface area (Å²) in [5.74, 6) is 0.963. The standard InChI is InChI=1S/C26H28N4O3/c1-32-24-14-10-21(11-15-24)19-33-28-26(31)17-13-23-18-30(29-27-23)25(22-8-5-9-22)16-12-20-6-3-2-4-7-20/h2-4,6-7,10-18,22,25H,5,8-9,19H2,1H3,(H,28,31)/b16-12+,17-13+. The lowest BCUT2D eigenvalue weighted by atomic mass is 9.79. The molecule has 0 radical (unpaired) electrons. The molecule has 1 aromatic heterocycles. The van der Waals surface area contributed by atoms with E-state index < -0.39 is 0 Å². The van der Waals surface area contributed by atoms with E-state index in [4.69, 9.17) is 9.57 Å². The fourth-order valence-corrected chi connectivity index (χ4v) is 3.64. The van der Waals surface area contributed by atoms with E-state index in [9.17, 15) is 4.79 Å². The van der Waals surface area contributed by atoms with Gasteiger partial charge in [-0.2, -0.15) is 0 Å². The minimum atomic E-state index is -0.363. The van der Waals surface area contributed by atoms with Gasteiger partial charge >= 0.3 is 0 Å². The highest BCUT2D eigenvalue weighted by Crippen LogP contribution is 2.37. The SMILES string of the molecule is COc1ccc(CONC(=O)/C=C/c2cn(C(/C=C/c3ccccc3)C3CCC3)nn2)cc1. The number of nitrogens with zero attached hydrogens (tertiary/aromatic N) is 3. The fraction of sp³-hybridized carbons (Fsp3) is 0.269. The third-order valence-electron chi connectivity index (χ3n) is 5.73. The highest BCUT2D eigenvalue weighted by molar-refractivity contribution is 5.90. The molecular formula is C26H28N4O3. The Hall–Kier alpha value is -3.71. The molecule has 1 fully saturated rings. The van der Waals surface area contributed by atoms with Crippen LogP contribution in [-0.4, -0.2) is 28.0 Å². The van der Waals surface area contributed by atoms with Crippen LogP contribution in [0.1, 0.15) is 42.1 Å². The molecule has 0 saturated heterocycles. The number of methoxy groups -OCH3 is 1. The topological polar surface area (TPSA) is 78.3 Å². The summed E-state index contributed by atoms with van der Waals surface area (Å²) in [4.78, 5) is 17.3. The third kappa shape index (κ3) is 6.40. The predicted molar refractivity (Wildman–Crippen MR) is 127 cm³/mol.